The van der Waals surface area contributed by atoms with Crippen molar-refractivity contribution in [2.24, 2.45) is 0 Å². The molecule has 1 saturated heterocycles. The van der Waals surface area contributed by atoms with Crippen molar-refractivity contribution in [2.75, 3.05) is 20.2 Å². The summed E-state index contributed by atoms with van der Waals surface area (Å²) in [6.07, 6.45) is 5.68. The lowest BCUT2D eigenvalue weighted by Crippen LogP contribution is -2.59. The molecule has 3 heterocycles. The highest BCUT2D eigenvalue weighted by Crippen LogP contribution is 2.35. The van der Waals surface area contributed by atoms with E-state index in [9.17, 15) is 13.6 Å². The Bertz CT molecular complexity index is 1470. The molecule has 6 rings (SSSR count). The zero-order valence-corrected chi connectivity index (χ0v) is 19.9. The van der Waals surface area contributed by atoms with Crippen LogP contribution < -0.4 is 15.0 Å². The third-order valence-electron chi connectivity index (χ3n) is 6.80. The number of fused-ring (bicyclic) bond motifs is 1. The quantitative estimate of drug-likeness (QED) is 0.376. The number of likely N-dealkylation sites (tertiary alicyclic amines) is 1. The summed E-state index contributed by atoms with van der Waals surface area (Å²) >= 11 is 1.15. The Morgan fingerprint density at radius 2 is 1.86 bits per heavy atom. The highest BCUT2D eigenvalue weighted by molar-refractivity contribution is 7.21. The fourth-order valence-electron chi connectivity index (χ4n) is 4.55. The van der Waals surface area contributed by atoms with Crippen LogP contribution >= 0.6 is 11.3 Å². The van der Waals surface area contributed by atoms with Crippen LogP contribution in [0.1, 0.15) is 19.3 Å². The van der Waals surface area contributed by atoms with Gasteiger partial charge < -0.3 is 9.47 Å². The Labute approximate surface area is 204 Å². The third kappa shape index (κ3) is 3.98. The molecule has 2 fully saturated rings. The molecule has 35 heavy (non-hydrogen) atoms. The van der Waals surface area contributed by atoms with E-state index >= 15 is 0 Å². The number of nitrogens with zero attached hydrogens (tertiary/aromatic N) is 3. The van der Waals surface area contributed by atoms with Crippen LogP contribution in [0.2, 0.25) is 0 Å². The first-order chi connectivity index (χ1) is 17.0. The molecular weight excluding hydrogens is 472 g/mol. The van der Waals surface area contributed by atoms with Gasteiger partial charge in [0.25, 0.3) is 5.56 Å². The van der Waals surface area contributed by atoms with Gasteiger partial charge >= 0.3 is 0 Å². The number of hydrogen-bond acceptors (Lipinski definition) is 6. The highest BCUT2D eigenvalue weighted by atomic mass is 32.1. The lowest BCUT2D eigenvalue weighted by molar-refractivity contribution is -0.0316. The number of rotatable bonds is 6. The molecule has 9 heteroatoms. The summed E-state index contributed by atoms with van der Waals surface area (Å²) in [6.45, 7) is 1.86. The van der Waals surface area contributed by atoms with Gasteiger partial charge in [-0.3, -0.25) is 14.3 Å². The zero-order chi connectivity index (χ0) is 24.1. The number of aromatic nitrogens is 2. The van der Waals surface area contributed by atoms with Crippen molar-refractivity contribution < 1.29 is 18.3 Å². The third-order valence-corrected chi connectivity index (χ3v) is 7.91. The van der Waals surface area contributed by atoms with Crippen molar-refractivity contribution in [3.8, 4) is 27.8 Å². The number of hydrogen-bond donors (Lipinski definition) is 0. The maximum atomic E-state index is 13.7. The Balaban J connectivity index is 1.27. The molecule has 0 N–H and O–H groups in total. The number of methoxy groups -OCH3 is 1. The first-order valence-electron chi connectivity index (χ1n) is 11.6. The Kier molecular flexibility index (Phi) is 5.53. The van der Waals surface area contributed by atoms with Gasteiger partial charge in [-0.15, -0.1) is 11.3 Å². The molecule has 2 aromatic heterocycles. The molecule has 2 aromatic carbocycles. The summed E-state index contributed by atoms with van der Waals surface area (Å²) < 4.78 is 40.7. The summed E-state index contributed by atoms with van der Waals surface area (Å²) in [5.41, 5.74) is 1.31. The van der Waals surface area contributed by atoms with Gasteiger partial charge in [0, 0.05) is 37.0 Å². The summed E-state index contributed by atoms with van der Waals surface area (Å²) in [5.74, 6) is -0.664. The average molecular weight is 496 g/mol. The molecule has 2 aliphatic rings. The summed E-state index contributed by atoms with van der Waals surface area (Å²) in [7, 11) is 1.58. The van der Waals surface area contributed by atoms with Crippen molar-refractivity contribution in [1.29, 1.82) is 0 Å². The number of ether oxygens (including phenoxy) is 2. The summed E-state index contributed by atoms with van der Waals surface area (Å²) in [5, 5.41) is 0.450. The van der Waals surface area contributed by atoms with E-state index in [1.807, 2.05) is 12.1 Å². The highest BCUT2D eigenvalue weighted by Gasteiger charge is 2.36. The zero-order valence-electron chi connectivity index (χ0n) is 19.0. The van der Waals surface area contributed by atoms with Crippen molar-refractivity contribution in [1.82, 2.24) is 14.5 Å². The minimum Gasteiger partial charge on any atom is -0.493 e. The fraction of sp³-hybridized carbons (Fsp3) is 0.308. The molecular formula is C26H23F2N3O3S. The molecule has 0 radical (unpaired) electrons. The van der Waals surface area contributed by atoms with Crippen molar-refractivity contribution >= 4 is 21.6 Å². The lowest BCUT2D eigenvalue weighted by Gasteiger charge is -2.47. The fourth-order valence-corrected chi connectivity index (χ4v) is 5.54. The van der Waals surface area contributed by atoms with Crippen molar-refractivity contribution in [2.45, 2.75) is 31.4 Å². The Morgan fingerprint density at radius 3 is 2.57 bits per heavy atom. The molecule has 0 bridgehead atoms. The number of thiazole rings is 1. The summed E-state index contributed by atoms with van der Waals surface area (Å²) in [6, 6.07) is 11.5. The van der Waals surface area contributed by atoms with Crippen LogP contribution in [0, 0.1) is 11.6 Å². The van der Waals surface area contributed by atoms with Crippen LogP contribution in [-0.4, -0.2) is 46.8 Å². The van der Waals surface area contributed by atoms with E-state index in [2.05, 4.69) is 9.88 Å². The molecule has 0 amide bonds. The second kappa shape index (κ2) is 8.73. The van der Waals surface area contributed by atoms with Crippen LogP contribution in [0.3, 0.4) is 0 Å². The van der Waals surface area contributed by atoms with Crippen LogP contribution in [-0.2, 0) is 0 Å². The van der Waals surface area contributed by atoms with E-state index < -0.39 is 11.6 Å². The lowest BCUT2D eigenvalue weighted by atomic mass is 9.89. The number of halogens is 2. The summed E-state index contributed by atoms with van der Waals surface area (Å²) in [4.78, 5) is 20.2. The van der Waals surface area contributed by atoms with Gasteiger partial charge in [-0.05, 0) is 49.2 Å². The minimum atomic E-state index is -0.953. The molecule has 1 aliphatic heterocycles. The van der Waals surface area contributed by atoms with Gasteiger partial charge in [-0.1, -0.05) is 6.42 Å². The normalized spacial score (nSPS) is 16.8. The monoisotopic (exact) mass is 495 g/mol. The van der Waals surface area contributed by atoms with E-state index in [4.69, 9.17) is 9.47 Å². The molecule has 1 aliphatic carbocycles. The first kappa shape index (κ1) is 22.2. The van der Waals surface area contributed by atoms with E-state index in [1.54, 1.807) is 25.4 Å². The van der Waals surface area contributed by atoms with Gasteiger partial charge in [0.2, 0.25) is 0 Å². The first-order valence-corrected chi connectivity index (χ1v) is 12.4. The predicted molar refractivity (Wildman–Crippen MR) is 131 cm³/mol. The molecule has 0 unspecified atom stereocenters. The van der Waals surface area contributed by atoms with E-state index in [-0.39, 0.29) is 11.7 Å². The maximum absolute atomic E-state index is 13.7. The topological polar surface area (TPSA) is 56.6 Å². The van der Waals surface area contributed by atoms with Gasteiger partial charge in [0.05, 0.1) is 18.3 Å². The minimum absolute atomic E-state index is 0.140. The van der Waals surface area contributed by atoms with Crippen LogP contribution in [0.25, 0.3) is 26.5 Å². The smallest absolute Gasteiger partial charge is 0.274 e. The predicted octanol–water partition coefficient (Wildman–Crippen LogP) is 5.02. The van der Waals surface area contributed by atoms with Gasteiger partial charge in [-0.2, -0.15) is 0 Å². The van der Waals surface area contributed by atoms with Crippen LogP contribution in [0.5, 0.6) is 11.5 Å². The van der Waals surface area contributed by atoms with Gasteiger partial charge in [-0.25, -0.2) is 13.8 Å². The van der Waals surface area contributed by atoms with E-state index in [1.165, 1.54) is 29.9 Å². The van der Waals surface area contributed by atoms with Crippen LogP contribution in [0.4, 0.5) is 8.78 Å². The standard InChI is InChI=1S/C26H23F2N3O3S/c1-33-23-12-17(6-8-22(23)34-18-13-30(14-18)16-3-2-4-16)31-10-9-21-24(26(31)32)35-25(29-21)15-5-7-19(27)20(28)11-15/h5-12,16,18H,2-4,13-14H2,1H3. The van der Waals surface area contributed by atoms with Crippen molar-refractivity contribution in [3.63, 3.8) is 0 Å². The maximum Gasteiger partial charge on any atom is 0.274 e. The van der Waals surface area contributed by atoms with E-state index in [0.717, 1.165) is 42.6 Å². The van der Waals surface area contributed by atoms with Gasteiger partial charge in [0.1, 0.15) is 15.8 Å². The SMILES string of the molecule is COc1cc(-n2ccc3nc(-c4ccc(F)c(F)c4)sc3c2=O)ccc1OC1CN(C2CCC2)C1. The number of pyridine rings is 1. The van der Waals surface area contributed by atoms with Crippen LogP contribution in [0.15, 0.2) is 53.5 Å². The molecule has 1 saturated carbocycles. The average Bonchev–Trinajstić information content (AvgIpc) is 3.24. The molecule has 4 aromatic rings. The molecule has 0 spiro atoms. The second-order valence-electron chi connectivity index (χ2n) is 8.97. The van der Waals surface area contributed by atoms with Crippen molar-refractivity contribution in [3.05, 3.63) is 70.6 Å². The second-order valence-corrected chi connectivity index (χ2v) is 9.97. The van der Waals surface area contributed by atoms with E-state index in [0.29, 0.717) is 38.0 Å². The van der Waals surface area contributed by atoms with Gasteiger partial charge in [0.15, 0.2) is 23.1 Å². The molecule has 0 atom stereocenters. The Morgan fingerprint density at radius 1 is 1.03 bits per heavy atom. The largest absolute Gasteiger partial charge is 0.493 e. The molecule has 6 nitrogen and oxygen atoms in total. The molecule has 180 valence electrons. The Hall–Kier alpha value is -3.30. The number of benzene rings is 2.